The van der Waals surface area contributed by atoms with Crippen molar-refractivity contribution in [2.45, 2.75) is 11.8 Å². The number of nitrogens with one attached hydrogen (secondary N) is 1. The minimum Gasteiger partial charge on any atom is -0.493 e. The highest BCUT2D eigenvalue weighted by Gasteiger charge is 2.17. The molecule has 0 unspecified atom stereocenters. The van der Waals surface area contributed by atoms with Crippen LogP contribution < -0.4 is 11.2 Å². The second kappa shape index (κ2) is 8.09. The van der Waals surface area contributed by atoms with Crippen LogP contribution in [0.1, 0.15) is 11.1 Å². The number of hydrogen-bond acceptors (Lipinski definition) is 6. The van der Waals surface area contributed by atoms with Crippen LogP contribution >= 0.6 is 0 Å². The van der Waals surface area contributed by atoms with Crippen molar-refractivity contribution in [3.63, 3.8) is 0 Å². The van der Waals surface area contributed by atoms with Gasteiger partial charge in [-0.2, -0.15) is 0 Å². The molecule has 0 aliphatic heterocycles. The number of sulfonamides is 1. The van der Waals surface area contributed by atoms with Gasteiger partial charge in [0.15, 0.2) is 0 Å². The van der Waals surface area contributed by atoms with E-state index >= 15 is 0 Å². The normalized spacial score (nSPS) is 12.0. The van der Waals surface area contributed by atoms with Gasteiger partial charge >= 0.3 is 5.69 Å². The van der Waals surface area contributed by atoms with E-state index in [4.69, 9.17) is 0 Å². The lowest BCUT2D eigenvalue weighted by Gasteiger charge is -2.11. The summed E-state index contributed by atoms with van der Waals surface area (Å²) in [6.45, 7) is 1.83. The lowest BCUT2D eigenvalue weighted by atomic mass is 10.2. The number of nitrogens with zero attached hydrogens (tertiary/aromatic N) is 3. The van der Waals surface area contributed by atoms with Crippen molar-refractivity contribution < 1.29 is 13.5 Å². The fraction of sp³-hybridized carbons (Fsp3) is 0.150. The maximum atomic E-state index is 12.2. The molecule has 0 amide bonds. The fourth-order valence-electron chi connectivity index (χ4n) is 2.72. The van der Waals surface area contributed by atoms with Gasteiger partial charge in [-0.1, -0.05) is 12.1 Å². The molecule has 10 heteroatoms. The Morgan fingerprint density at radius 1 is 1.10 bits per heavy atom. The van der Waals surface area contributed by atoms with E-state index in [1.807, 2.05) is 13.0 Å². The fourth-order valence-corrected chi connectivity index (χ4v) is 3.62. The van der Waals surface area contributed by atoms with Crippen LogP contribution in [0, 0.1) is 6.92 Å². The second-order valence-electron chi connectivity index (χ2n) is 6.71. The largest absolute Gasteiger partial charge is 0.493 e. The summed E-state index contributed by atoms with van der Waals surface area (Å²) in [6, 6.07) is 12.6. The third-order valence-corrected chi connectivity index (χ3v) is 6.17. The molecule has 3 rings (SSSR count). The summed E-state index contributed by atoms with van der Waals surface area (Å²) in [7, 11) is -0.710. The van der Waals surface area contributed by atoms with Crippen LogP contribution in [0.3, 0.4) is 0 Å². The first-order valence-corrected chi connectivity index (χ1v) is 10.3. The Labute approximate surface area is 172 Å². The van der Waals surface area contributed by atoms with Gasteiger partial charge in [-0.05, 0) is 48.9 Å². The number of aromatic hydroxyl groups is 1. The number of aryl methyl sites for hydroxylation is 1. The van der Waals surface area contributed by atoms with Crippen molar-refractivity contribution >= 4 is 21.9 Å². The number of benzene rings is 2. The Morgan fingerprint density at radius 3 is 2.37 bits per heavy atom. The number of H-pyrrole nitrogens is 1. The van der Waals surface area contributed by atoms with Crippen LogP contribution in [-0.4, -0.2) is 47.7 Å². The van der Waals surface area contributed by atoms with Crippen LogP contribution in [0.15, 0.2) is 68.0 Å². The summed E-state index contributed by atoms with van der Waals surface area (Å²) < 4.78 is 26.3. The molecule has 0 aliphatic rings. The first-order valence-electron chi connectivity index (χ1n) is 8.83. The van der Waals surface area contributed by atoms with Gasteiger partial charge in [-0.25, -0.2) is 22.1 Å². The van der Waals surface area contributed by atoms with Crippen molar-refractivity contribution in [1.29, 1.82) is 0 Å². The number of rotatable bonds is 5. The van der Waals surface area contributed by atoms with Crippen LogP contribution in [0.4, 0.5) is 5.69 Å². The minimum atomic E-state index is -3.57. The zero-order valence-corrected chi connectivity index (χ0v) is 17.3. The average Bonchev–Trinajstić information content (AvgIpc) is 2.68. The van der Waals surface area contributed by atoms with E-state index in [-0.39, 0.29) is 10.5 Å². The van der Waals surface area contributed by atoms with Crippen LogP contribution in [0.5, 0.6) is 5.88 Å². The molecule has 2 aromatic carbocycles. The van der Waals surface area contributed by atoms with Gasteiger partial charge in [-0.15, -0.1) is 0 Å². The molecule has 0 aliphatic carbocycles. The summed E-state index contributed by atoms with van der Waals surface area (Å²) in [6.07, 6.45) is 1.12. The van der Waals surface area contributed by atoms with Gasteiger partial charge < -0.3 is 5.11 Å². The van der Waals surface area contributed by atoms with Crippen molar-refractivity contribution in [2.24, 2.45) is 4.99 Å². The monoisotopic (exact) mass is 428 g/mol. The standard InChI is InChI=1S/C20H20N4O5S/c1-13-5-4-6-15(11-13)24-19(26)17(18(25)22-20(24)27)12-21-14-7-9-16(10-8-14)30(28,29)23(2)3/h4-12,26H,1-3H3,(H,22,25,27). The highest BCUT2D eigenvalue weighted by molar-refractivity contribution is 7.89. The van der Waals surface area contributed by atoms with Crippen molar-refractivity contribution in [3.8, 4) is 11.6 Å². The van der Waals surface area contributed by atoms with E-state index in [9.17, 15) is 23.1 Å². The molecule has 156 valence electrons. The van der Waals surface area contributed by atoms with Gasteiger partial charge in [0.05, 0.1) is 16.3 Å². The molecule has 3 aromatic rings. The predicted molar refractivity (Wildman–Crippen MR) is 114 cm³/mol. The Balaban J connectivity index is 2.01. The van der Waals surface area contributed by atoms with E-state index in [0.29, 0.717) is 11.4 Å². The number of aromatic amines is 1. The highest BCUT2D eigenvalue weighted by Crippen LogP contribution is 2.20. The molecular weight excluding hydrogens is 408 g/mol. The topological polar surface area (TPSA) is 125 Å². The minimum absolute atomic E-state index is 0.0974. The average molecular weight is 428 g/mol. The van der Waals surface area contributed by atoms with Crippen molar-refractivity contribution in [2.75, 3.05) is 14.1 Å². The van der Waals surface area contributed by atoms with E-state index in [0.717, 1.165) is 20.7 Å². The molecule has 2 N–H and O–H groups in total. The molecule has 1 aromatic heterocycles. The first-order chi connectivity index (χ1) is 14.1. The van der Waals surface area contributed by atoms with Gasteiger partial charge in [0.25, 0.3) is 5.56 Å². The lowest BCUT2D eigenvalue weighted by Crippen LogP contribution is -2.31. The summed E-state index contributed by atoms with van der Waals surface area (Å²) in [5, 5.41) is 10.6. The maximum absolute atomic E-state index is 12.2. The first kappa shape index (κ1) is 21.2. The quantitative estimate of drug-likeness (QED) is 0.597. The van der Waals surface area contributed by atoms with Crippen LogP contribution in [0.25, 0.3) is 5.69 Å². The molecule has 0 bridgehead atoms. The molecule has 0 fully saturated rings. The molecule has 0 radical (unpaired) electrons. The van der Waals surface area contributed by atoms with Gasteiger partial charge in [0.1, 0.15) is 5.56 Å². The lowest BCUT2D eigenvalue weighted by molar-refractivity contribution is 0.430. The summed E-state index contributed by atoms with van der Waals surface area (Å²) >= 11 is 0. The third-order valence-electron chi connectivity index (χ3n) is 4.34. The van der Waals surface area contributed by atoms with Crippen LogP contribution in [0.2, 0.25) is 0 Å². The van der Waals surface area contributed by atoms with Gasteiger partial charge in [0, 0.05) is 20.3 Å². The summed E-state index contributed by atoms with van der Waals surface area (Å²) in [5.41, 5.74) is -0.161. The maximum Gasteiger partial charge on any atom is 0.335 e. The highest BCUT2D eigenvalue weighted by atomic mass is 32.2. The zero-order chi connectivity index (χ0) is 22.1. The van der Waals surface area contributed by atoms with Gasteiger partial charge in [0.2, 0.25) is 15.9 Å². The molecule has 9 nitrogen and oxygen atoms in total. The van der Waals surface area contributed by atoms with Gasteiger partial charge in [-0.3, -0.25) is 14.8 Å². The summed E-state index contributed by atoms with van der Waals surface area (Å²) in [4.78, 5) is 30.8. The van der Waals surface area contributed by atoms with Crippen molar-refractivity contribution in [3.05, 3.63) is 80.5 Å². The Hall–Kier alpha value is -3.50. The van der Waals surface area contributed by atoms with E-state index in [1.165, 1.54) is 38.4 Å². The molecule has 0 saturated heterocycles. The van der Waals surface area contributed by atoms with E-state index in [1.54, 1.807) is 18.2 Å². The van der Waals surface area contributed by atoms with Crippen molar-refractivity contribution in [1.82, 2.24) is 13.9 Å². The molecule has 0 spiro atoms. The van der Waals surface area contributed by atoms with E-state index < -0.39 is 27.2 Å². The SMILES string of the molecule is Cc1cccc(-n2c(O)c(C=Nc3ccc(S(=O)(=O)N(C)C)cc3)c(=O)[nH]c2=O)c1. The molecule has 1 heterocycles. The smallest absolute Gasteiger partial charge is 0.335 e. The number of aliphatic imine (C=N–C) groups is 1. The Morgan fingerprint density at radius 2 is 1.77 bits per heavy atom. The molecule has 30 heavy (non-hydrogen) atoms. The van der Waals surface area contributed by atoms with E-state index in [2.05, 4.69) is 9.98 Å². The number of aromatic nitrogens is 2. The second-order valence-corrected chi connectivity index (χ2v) is 8.86. The van der Waals surface area contributed by atoms with Crippen LogP contribution in [-0.2, 0) is 10.0 Å². The number of hydrogen-bond donors (Lipinski definition) is 2. The zero-order valence-electron chi connectivity index (χ0n) is 16.5. The molecular formula is C20H20N4O5S. The molecule has 0 atom stereocenters. The molecule has 0 saturated carbocycles. The summed E-state index contributed by atoms with van der Waals surface area (Å²) in [5.74, 6) is -0.551. The third kappa shape index (κ3) is 4.09. The Bertz CT molecular complexity index is 1340. The predicted octanol–water partition coefficient (Wildman–Crippen LogP) is 1.54. The Kier molecular flexibility index (Phi) is 5.72.